The van der Waals surface area contributed by atoms with Crippen molar-refractivity contribution in [3.63, 3.8) is 0 Å². The Hall–Kier alpha value is -1.25. The average Bonchev–Trinajstić information content (AvgIpc) is 3.22. The molecule has 3 aliphatic heterocycles. The van der Waals surface area contributed by atoms with Crippen LogP contribution >= 0.6 is 0 Å². The van der Waals surface area contributed by atoms with Crippen molar-refractivity contribution in [3.05, 3.63) is 17.5 Å². The van der Waals surface area contributed by atoms with Gasteiger partial charge >= 0.3 is 0 Å². The fourth-order valence-corrected chi connectivity index (χ4v) is 6.14. The number of hydrogen-bond acceptors (Lipinski definition) is 7. The van der Waals surface area contributed by atoms with Crippen LogP contribution in [0, 0.1) is 0 Å². The van der Waals surface area contributed by atoms with Crippen LogP contribution in [0.2, 0.25) is 0 Å². The zero-order chi connectivity index (χ0) is 16.7. The molecule has 0 bridgehead atoms. The lowest BCUT2D eigenvalue weighted by Crippen LogP contribution is -2.35. The minimum atomic E-state index is -3.14. The van der Waals surface area contributed by atoms with Gasteiger partial charge < -0.3 is 9.64 Å². The molecule has 24 heavy (non-hydrogen) atoms. The third-order valence-electron chi connectivity index (χ3n) is 5.40. The molecule has 0 aromatic carbocycles. The Bertz CT molecular complexity index is 718. The second kappa shape index (κ2) is 6.24. The van der Waals surface area contributed by atoms with Gasteiger partial charge in [-0.05, 0) is 12.8 Å². The minimum absolute atomic E-state index is 0.0417. The molecule has 1 aromatic rings. The Labute approximate surface area is 142 Å². The molecule has 3 aliphatic rings. The number of sulfone groups is 1. The van der Waals surface area contributed by atoms with Crippen LogP contribution in [0.1, 0.15) is 30.0 Å². The lowest BCUT2D eigenvalue weighted by molar-refractivity contribution is 0.160. The van der Waals surface area contributed by atoms with E-state index in [2.05, 4.69) is 14.8 Å². The lowest BCUT2D eigenvalue weighted by atomic mass is 10.00. The zero-order valence-corrected chi connectivity index (χ0v) is 14.8. The van der Waals surface area contributed by atoms with Gasteiger partial charge in [0, 0.05) is 57.5 Å². The van der Waals surface area contributed by atoms with E-state index in [-0.39, 0.29) is 16.9 Å². The minimum Gasteiger partial charge on any atom is -0.383 e. The van der Waals surface area contributed by atoms with Gasteiger partial charge in [-0.2, -0.15) is 0 Å². The monoisotopic (exact) mass is 352 g/mol. The maximum atomic E-state index is 12.7. The summed E-state index contributed by atoms with van der Waals surface area (Å²) < 4.78 is 30.5. The predicted molar refractivity (Wildman–Crippen MR) is 90.9 cm³/mol. The summed E-state index contributed by atoms with van der Waals surface area (Å²) in [6.07, 6.45) is 4.08. The highest BCUT2D eigenvalue weighted by molar-refractivity contribution is 7.91. The molecule has 0 spiro atoms. The van der Waals surface area contributed by atoms with Gasteiger partial charge in [-0.25, -0.2) is 18.4 Å². The molecule has 7 nitrogen and oxygen atoms in total. The largest absolute Gasteiger partial charge is 0.383 e. The molecule has 4 heterocycles. The molecule has 8 heteroatoms. The van der Waals surface area contributed by atoms with Gasteiger partial charge in [0.05, 0.1) is 23.3 Å². The Kier molecular flexibility index (Phi) is 4.22. The SMILES string of the molecule is COCCN1C[C@@H]2c3nc(N4CCCC4)ncc3CS(=O)(=O)[C@@H]2C1. The van der Waals surface area contributed by atoms with Gasteiger partial charge in [-0.1, -0.05) is 0 Å². The number of rotatable bonds is 4. The van der Waals surface area contributed by atoms with Crippen molar-refractivity contribution >= 4 is 15.8 Å². The highest BCUT2D eigenvalue weighted by Gasteiger charge is 2.47. The van der Waals surface area contributed by atoms with Crippen molar-refractivity contribution in [2.45, 2.75) is 29.8 Å². The summed E-state index contributed by atoms with van der Waals surface area (Å²) in [4.78, 5) is 13.6. The topological polar surface area (TPSA) is 75.6 Å². The first-order chi connectivity index (χ1) is 11.6. The van der Waals surface area contributed by atoms with Crippen LogP contribution in [0.4, 0.5) is 5.95 Å². The smallest absolute Gasteiger partial charge is 0.225 e. The molecule has 2 fully saturated rings. The van der Waals surface area contributed by atoms with Crippen molar-refractivity contribution in [2.24, 2.45) is 0 Å². The van der Waals surface area contributed by atoms with Crippen LogP contribution in [0.25, 0.3) is 0 Å². The fourth-order valence-electron chi connectivity index (χ4n) is 4.12. The molecule has 2 atom stereocenters. The second-order valence-corrected chi connectivity index (χ2v) is 9.20. The fraction of sp³-hybridized carbons (Fsp3) is 0.750. The van der Waals surface area contributed by atoms with E-state index in [0.29, 0.717) is 13.2 Å². The van der Waals surface area contributed by atoms with Crippen LogP contribution in [0.3, 0.4) is 0 Å². The number of nitrogens with zero attached hydrogens (tertiary/aromatic N) is 4. The molecule has 0 unspecified atom stereocenters. The Morgan fingerprint density at radius 1 is 1.29 bits per heavy atom. The van der Waals surface area contributed by atoms with Gasteiger partial charge in [0.25, 0.3) is 0 Å². The van der Waals surface area contributed by atoms with Crippen molar-refractivity contribution < 1.29 is 13.2 Å². The summed E-state index contributed by atoms with van der Waals surface area (Å²) in [6.45, 7) is 4.68. The number of likely N-dealkylation sites (tertiary alicyclic amines) is 1. The van der Waals surface area contributed by atoms with Gasteiger partial charge in [-0.3, -0.25) is 4.90 Å². The van der Waals surface area contributed by atoms with E-state index >= 15 is 0 Å². The first kappa shape index (κ1) is 16.2. The molecule has 132 valence electrons. The predicted octanol–water partition coefficient (Wildman–Crippen LogP) is 0.419. The van der Waals surface area contributed by atoms with Gasteiger partial charge in [0.1, 0.15) is 0 Å². The molecule has 0 saturated carbocycles. The van der Waals surface area contributed by atoms with Crippen molar-refractivity contribution in [2.75, 3.05) is 51.3 Å². The van der Waals surface area contributed by atoms with Crippen LogP contribution in [0.15, 0.2) is 6.20 Å². The average molecular weight is 352 g/mol. The highest BCUT2D eigenvalue weighted by atomic mass is 32.2. The van der Waals surface area contributed by atoms with Crippen LogP contribution in [0.5, 0.6) is 0 Å². The number of ether oxygens (including phenoxy) is 1. The maximum absolute atomic E-state index is 12.7. The maximum Gasteiger partial charge on any atom is 0.225 e. The first-order valence-corrected chi connectivity index (χ1v) is 10.3. The van der Waals surface area contributed by atoms with E-state index in [4.69, 9.17) is 9.72 Å². The van der Waals surface area contributed by atoms with E-state index in [1.807, 2.05) is 0 Å². The second-order valence-electron chi connectivity index (χ2n) is 6.98. The summed E-state index contributed by atoms with van der Waals surface area (Å²) in [5, 5.41) is -0.344. The Morgan fingerprint density at radius 3 is 2.83 bits per heavy atom. The normalized spacial score (nSPS) is 28.8. The van der Waals surface area contributed by atoms with E-state index < -0.39 is 9.84 Å². The van der Waals surface area contributed by atoms with Crippen molar-refractivity contribution in [3.8, 4) is 0 Å². The highest BCUT2D eigenvalue weighted by Crippen LogP contribution is 2.39. The molecule has 0 amide bonds. The number of anilines is 1. The molecule has 2 saturated heterocycles. The number of aromatic nitrogens is 2. The van der Waals surface area contributed by atoms with Gasteiger partial charge in [0.2, 0.25) is 5.95 Å². The molecule has 0 radical (unpaired) electrons. The molecule has 1 aromatic heterocycles. The first-order valence-electron chi connectivity index (χ1n) is 8.62. The third-order valence-corrected chi connectivity index (χ3v) is 7.51. The third kappa shape index (κ3) is 2.80. The summed E-state index contributed by atoms with van der Waals surface area (Å²) in [5.41, 5.74) is 1.74. The number of methoxy groups -OCH3 is 1. The van der Waals surface area contributed by atoms with E-state index in [1.54, 1.807) is 13.3 Å². The molecule has 0 N–H and O–H groups in total. The zero-order valence-electron chi connectivity index (χ0n) is 14.0. The molecular formula is C16H24N4O3S. The standard InChI is InChI=1S/C16H24N4O3S/c1-23-7-6-19-9-13-14(10-19)24(21,22)11-12-8-17-16(18-15(12)13)20-4-2-3-5-20/h8,13-14H,2-7,9-11H2,1H3/t13-,14+/m0/s1. The Morgan fingerprint density at radius 2 is 2.08 bits per heavy atom. The number of hydrogen-bond donors (Lipinski definition) is 0. The van der Waals surface area contributed by atoms with Gasteiger partial charge in [-0.15, -0.1) is 0 Å². The summed E-state index contributed by atoms with van der Waals surface area (Å²) in [7, 11) is -1.47. The lowest BCUT2D eigenvalue weighted by Gasteiger charge is -2.27. The molecular weight excluding hydrogens is 328 g/mol. The number of fused-ring (bicyclic) bond motifs is 3. The summed E-state index contributed by atoms with van der Waals surface area (Å²) in [5.74, 6) is 0.793. The van der Waals surface area contributed by atoms with Crippen molar-refractivity contribution in [1.82, 2.24) is 14.9 Å². The summed E-state index contributed by atoms with van der Waals surface area (Å²) in [6, 6.07) is 0. The van der Waals surface area contributed by atoms with E-state index in [1.165, 1.54) is 12.8 Å². The van der Waals surface area contributed by atoms with Gasteiger partial charge in [0.15, 0.2) is 9.84 Å². The quantitative estimate of drug-likeness (QED) is 0.777. The molecule has 0 aliphatic carbocycles. The summed E-state index contributed by atoms with van der Waals surface area (Å²) >= 11 is 0. The van der Waals surface area contributed by atoms with Crippen LogP contribution in [-0.4, -0.2) is 75.0 Å². The molecule has 4 rings (SSSR count). The van der Waals surface area contributed by atoms with Crippen LogP contribution in [-0.2, 0) is 20.3 Å². The van der Waals surface area contributed by atoms with E-state index in [0.717, 1.165) is 43.4 Å². The Balaban J connectivity index is 1.66. The van der Waals surface area contributed by atoms with Crippen molar-refractivity contribution in [1.29, 1.82) is 0 Å². The van der Waals surface area contributed by atoms with Crippen LogP contribution < -0.4 is 4.90 Å². The van der Waals surface area contributed by atoms with E-state index in [9.17, 15) is 8.42 Å².